The van der Waals surface area contributed by atoms with Gasteiger partial charge in [0, 0.05) is 12.1 Å². The molecule has 3 rings (SSSR count). The number of hydrogen-bond donors (Lipinski definition) is 1. The van der Waals surface area contributed by atoms with Gasteiger partial charge in [-0.1, -0.05) is 25.1 Å². The van der Waals surface area contributed by atoms with Crippen molar-refractivity contribution in [2.45, 2.75) is 19.8 Å². The van der Waals surface area contributed by atoms with E-state index in [1.54, 1.807) is 26.2 Å². The van der Waals surface area contributed by atoms with Gasteiger partial charge in [-0.05, 0) is 35.7 Å². The van der Waals surface area contributed by atoms with Crippen molar-refractivity contribution in [3.8, 4) is 17.2 Å². The van der Waals surface area contributed by atoms with E-state index in [0.717, 1.165) is 44.0 Å². The number of quaternary nitrogens is 1. The maximum absolute atomic E-state index is 5.48. The van der Waals surface area contributed by atoms with E-state index in [4.69, 9.17) is 14.2 Å². The zero-order valence-electron chi connectivity index (χ0n) is 18.0. The molecule has 160 valence electrons. The standard InChI is InChI=1S/C23H32N2O3.ClH/c1-5-19-8-6-7-9-20(19)25-14-12-24(13-15-25)11-10-18-16-21(26-2)23(28-4)22(17-18)27-3;/h6-9,16-17H,5,10-15H2,1-4H3;1H/p+1. The van der Waals surface area contributed by atoms with Gasteiger partial charge in [-0.25, -0.2) is 0 Å². The minimum Gasteiger partial charge on any atom is -0.493 e. The lowest BCUT2D eigenvalue weighted by molar-refractivity contribution is -0.900. The lowest BCUT2D eigenvalue weighted by atomic mass is 10.1. The summed E-state index contributed by atoms with van der Waals surface area (Å²) in [7, 11) is 4.97. The molecule has 1 aliphatic rings. The largest absolute Gasteiger partial charge is 0.493 e. The van der Waals surface area contributed by atoms with Crippen LogP contribution in [0.1, 0.15) is 18.1 Å². The number of piperazine rings is 1. The van der Waals surface area contributed by atoms with Crippen molar-refractivity contribution < 1.29 is 19.1 Å². The minimum absolute atomic E-state index is 0. The molecule has 0 amide bonds. The predicted molar refractivity (Wildman–Crippen MR) is 121 cm³/mol. The zero-order chi connectivity index (χ0) is 19.9. The average molecular weight is 422 g/mol. The predicted octanol–water partition coefficient (Wildman–Crippen LogP) is 2.64. The van der Waals surface area contributed by atoms with Crippen LogP contribution in [-0.2, 0) is 12.8 Å². The highest BCUT2D eigenvalue weighted by atomic mass is 35.5. The average Bonchev–Trinajstić information content (AvgIpc) is 2.77. The summed E-state index contributed by atoms with van der Waals surface area (Å²) in [5.74, 6) is 2.12. The van der Waals surface area contributed by atoms with Crippen molar-refractivity contribution >= 4 is 18.1 Å². The fraction of sp³-hybridized carbons (Fsp3) is 0.478. The molecule has 5 nitrogen and oxygen atoms in total. The molecule has 1 aliphatic heterocycles. The third kappa shape index (κ3) is 5.49. The maximum Gasteiger partial charge on any atom is 0.203 e. The molecule has 0 aliphatic carbocycles. The number of nitrogens with one attached hydrogen (secondary N) is 1. The number of nitrogens with zero attached hydrogens (tertiary/aromatic N) is 1. The van der Waals surface area contributed by atoms with Crippen LogP contribution >= 0.6 is 12.4 Å². The Morgan fingerprint density at radius 1 is 0.931 bits per heavy atom. The van der Waals surface area contributed by atoms with Crippen LogP contribution in [0, 0.1) is 0 Å². The Balaban J connectivity index is 0.00000300. The third-order valence-electron chi connectivity index (χ3n) is 5.68. The van der Waals surface area contributed by atoms with Crippen LogP contribution in [0.5, 0.6) is 17.2 Å². The summed E-state index contributed by atoms with van der Waals surface area (Å²) >= 11 is 0. The Labute approximate surface area is 181 Å². The molecule has 0 atom stereocenters. The van der Waals surface area contributed by atoms with Crippen molar-refractivity contribution in [1.29, 1.82) is 0 Å². The first-order valence-corrected chi connectivity index (χ1v) is 10.2. The molecule has 2 aromatic rings. The second kappa shape index (κ2) is 11.2. The Morgan fingerprint density at radius 2 is 1.55 bits per heavy atom. The highest BCUT2D eigenvalue weighted by Gasteiger charge is 2.22. The van der Waals surface area contributed by atoms with Crippen LogP contribution in [0.4, 0.5) is 5.69 Å². The number of ether oxygens (including phenoxy) is 3. The van der Waals surface area contributed by atoms with Gasteiger partial charge in [0.2, 0.25) is 5.75 Å². The molecular formula is C23H34ClN2O3+. The zero-order valence-corrected chi connectivity index (χ0v) is 18.8. The molecule has 6 heteroatoms. The molecule has 1 N–H and O–H groups in total. The van der Waals surface area contributed by atoms with E-state index in [1.807, 2.05) is 0 Å². The van der Waals surface area contributed by atoms with Gasteiger partial charge in [0.15, 0.2) is 11.5 Å². The highest BCUT2D eigenvalue weighted by molar-refractivity contribution is 5.85. The molecule has 0 spiro atoms. The second-order valence-electron chi connectivity index (χ2n) is 7.25. The monoisotopic (exact) mass is 421 g/mol. The van der Waals surface area contributed by atoms with E-state index in [9.17, 15) is 0 Å². The summed E-state index contributed by atoms with van der Waals surface area (Å²) in [6.45, 7) is 7.91. The molecule has 0 aromatic heterocycles. The van der Waals surface area contributed by atoms with Crippen LogP contribution in [0.2, 0.25) is 0 Å². The number of anilines is 1. The number of methoxy groups -OCH3 is 3. The van der Waals surface area contributed by atoms with Crippen LogP contribution in [0.25, 0.3) is 0 Å². The number of halogens is 1. The van der Waals surface area contributed by atoms with Gasteiger partial charge in [-0.3, -0.25) is 0 Å². The molecule has 0 saturated carbocycles. The summed E-state index contributed by atoms with van der Waals surface area (Å²) < 4.78 is 16.4. The normalized spacial score (nSPS) is 14.3. The lowest BCUT2D eigenvalue weighted by Gasteiger charge is -2.34. The highest BCUT2D eigenvalue weighted by Crippen LogP contribution is 2.38. The van der Waals surface area contributed by atoms with Gasteiger partial charge in [-0.15, -0.1) is 12.4 Å². The fourth-order valence-electron chi connectivity index (χ4n) is 4.03. The Kier molecular flexibility index (Phi) is 8.93. The van der Waals surface area contributed by atoms with Gasteiger partial charge in [0.05, 0.1) is 54.1 Å². The van der Waals surface area contributed by atoms with Crippen LogP contribution in [-0.4, -0.2) is 54.1 Å². The van der Waals surface area contributed by atoms with Gasteiger partial charge in [0.25, 0.3) is 0 Å². The van der Waals surface area contributed by atoms with E-state index in [0.29, 0.717) is 5.75 Å². The molecule has 1 heterocycles. The Morgan fingerprint density at radius 3 is 2.10 bits per heavy atom. The quantitative estimate of drug-likeness (QED) is 0.710. The number of aryl methyl sites for hydroxylation is 1. The summed E-state index contributed by atoms with van der Waals surface area (Å²) in [5, 5.41) is 0. The van der Waals surface area contributed by atoms with E-state index < -0.39 is 0 Å². The molecule has 0 radical (unpaired) electrons. The van der Waals surface area contributed by atoms with Gasteiger partial charge in [-0.2, -0.15) is 0 Å². The number of para-hydroxylation sites is 1. The fourth-order valence-corrected chi connectivity index (χ4v) is 4.03. The van der Waals surface area contributed by atoms with E-state index in [2.05, 4.69) is 48.2 Å². The third-order valence-corrected chi connectivity index (χ3v) is 5.68. The Bertz CT molecular complexity index is 751. The molecule has 1 fully saturated rings. The summed E-state index contributed by atoms with van der Waals surface area (Å²) in [6, 6.07) is 12.9. The van der Waals surface area contributed by atoms with E-state index in [-0.39, 0.29) is 12.4 Å². The SMILES string of the molecule is CCc1ccccc1N1CC[NH+](CCc2cc(OC)c(OC)c(OC)c2)CC1.Cl. The van der Waals surface area contributed by atoms with Crippen molar-refractivity contribution in [3.05, 3.63) is 47.5 Å². The number of rotatable bonds is 8. The van der Waals surface area contributed by atoms with Crippen molar-refractivity contribution in [1.82, 2.24) is 0 Å². The first kappa shape index (κ1) is 23.2. The second-order valence-corrected chi connectivity index (χ2v) is 7.25. The molecule has 0 unspecified atom stereocenters. The van der Waals surface area contributed by atoms with Crippen LogP contribution in [0.3, 0.4) is 0 Å². The molecule has 1 saturated heterocycles. The van der Waals surface area contributed by atoms with Gasteiger partial charge in [0.1, 0.15) is 0 Å². The van der Waals surface area contributed by atoms with E-state index in [1.165, 1.54) is 29.9 Å². The molecular weight excluding hydrogens is 388 g/mol. The van der Waals surface area contributed by atoms with Crippen molar-refractivity contribution in [3.63, 3.8) is 0 Å². The molecule has 0 bridgehead atoms. The van der Waals surface area contributed by atoms with E-state index >= 15 is 0 Å². The first-order chi connectivity index (χ1) is 13.7. The number of hydrogen-bond acceptors (Lipinski definition) is 4. The Hall–Kier alpha value is -2.11. The lowest BCUT2D eigenvalue weighted by Crippen LogP contribution is -3.15. The number of benzene rings is 2. The summed E-state index contributed by atoms with van der Waals surface area (Å²) in [4.78, 5) is 4.20. The topological polar surface area (TPSA) is 35.4 Å². The molecule has 29 heavy (non-hydrogen) atoms. The van der Waals surface area contributed by atoms with Gasteiger partial charge >= 0.3 is 0 Å². The summed E-state index contributed by atoms with van der Waals surface area (Å²) in [5.41, 5.74) is 4.08. The van der Waals surface area contributed by atoms with Crippen molar-refractivity contribution in [2.75, 3.05) is 59.0 Å². The minimum atomic E-state index is 0. The first-order valence-electron chi connectivity index (χ1n) is 10.2. The smallest absolute Gasteiger partial charge is 0.203 e. The van der Waals surface area contributed by atoms with Crippen LogP contribution in [0.15, 0.2) is 36.4 Å². The molecule has 2 aromatic carbocycles. The van der Waals surface area contributed by atoms with Gasteiger partial charge < -0.3 is 24.0 Å². The van der Waals surface area contributed by atoms with Crippen LogP contribution < -0.4 is 24.0 Å². The summed E-state index contributed by atoms with van der Waals surface area (Å²) in [6.07, 6.45) is 2.09. The maximum atomic E-state index is 5.48. The van der Waals surface area contributed by atoms with Crippen molar-refractivity contribution in [2.24, 2.45) is 0 Å².